The molecule has 0 aliphatic rings. The highest BCUT2D eigenvalue weighted by Crippen LogP contribution is 2.36. The SMILES string of the molecule is COc1cccc(-n2c(-c3ccccc3)cnc2C)c1OC. The lowest BCUT2D eigenvalue weighted by molar-refractivity contribution is 0.354. The summed E-state index contributed by atoms with van der Waals surface area (Å²) in [5.74, 6) is 2.29. The number of para-hydroxylation sites is 1. The summed E-state index contributed by atoms with van der Waals surface area (Å²) >= 11 is 0. The number of nitrogens with zero attached hydrogens (tertiary/aromatic N) is 2. The molecule has 4 heteroatoms. The monoisotopic (exact) mass is 294 g/mol. The number of aromatic nitrogens is 2. The Labute approximate surface area is 130 Å². The Kier molecular flexibility index (Phi) is 3.83. The molecule has 22 heavy (non-hydrogen) atoms. The summed E-state index contributed by atoms with van der Waals surface area (Å²) in [4.78, 5) is 4.47. The quantitative estimate of drug-likeness (QED) is 0.733. The Hall–Kier alpha value is -2.75. The van der Waals surface area contributed by atoms with Gasteiger partial charge < -0.3 is 9.47 Å². The Balaban J connectivity index is 2.24. The lowest BCUT2D eigenvalue weighted by atomic mass is 10.1. The average molecular weight is 294 g/mol. The van der Waals surface area contributed by atoms with Gasteiger partial charge in [-0.25, -0.2) is 4.98 Å². The van der Waals surface area contributed by atoms with Crippen molar-refractivity contribution in [1.82, 2.24) is 9.55 Å². The van der Waals surface area contributed by atoms with E-state index < -0.39 is 0 Å². The fraction of sp³-hybridized carbons (Fsp3) is 0.167. The van der Waals surface area contributed by atoms with Crippen LogP contribution in [-0.2, 0) is 0 Å². The number of ether oxygens (including phenoxy) is 2. The molecule has 4 nitrogen and oxygen atoms in total. The zero-order valence-electron chi connectivity index (χ0n) is 12.9. The van der Waals surface area contributed by atoms with Crippen LogP contribution in [0.25, 0.3) is 16.9 Å². The highest BCUT2D eigenvalue weighted by atomic mass is 16.5. The lowest BCUT2D eigenvalue weighted by Crippen LogP contribution is -2.03. The fourth-order valence-corrected chi connectivity index (χ4v) is 2.61. The topological polar surface area (TPSA) is 36.3 Å². The van der Waals surface area contributed by atoms with Gasteiger partial charge in [0.2, 0.25) is 0 Å². The first kappa shape index (κ1) is 14.2. The van der Waals surface area contributed by atoms with Crippen molar-refractivity contribution in [1.29, 1.82) is 0 Å². The second-order valence-electron chi connectivity index (χ2n) is 4.90. The maximum atomic E-state index is 5.56. The van der Waals surface area contributed by atoms with Crippen LogP contribution < -0.4 is 9.47 Å². The third kappa shape index (κ3) is 2.33. The van der Waals surface area contributed by atoms with Crippen LogP contribution in [0, 0.1) is 6.92 Å². The molecule has 0 aliphatic carbocycles. The summed E-state index contributed by atoms with van der Waals surface area (Å²) in [6.45, 7) is 1.98. The van der Waals surface area contributed by atoms with E-state index in [1.54, 1.807) is 14.2 Å². The van der Waals surface area contributed by atoms with Crippen LogP contribution in [0.3, 0.4) is 0 Å². The molecule has 0 bridgehead atoms. The number of hydrogen-bond donors (Lipinski definition) is 0. The van der Waals surface area contributed by atoms with E-state index in [4.69, 9.17) is 9.47 Å². The molecule has 0 spiro atoms. The molecule has 1 heterocycles. The van der Waals surface area contributed by atoms with Crippen molar-refractivity contribution in [3.63, 3.8) is 0 Å². The van der Waals surface area contributed by atoms with Crippen LogP contribution in [0.15, 0.2) is 54.7 Å². The molecule has 1 aromatic heterocycles. The Morgan fingerprint density at radius 3 is 2.36 bits per heavy atom. The number of hydrogen-bond acceptors (Lipinski definition) is 3. The van der Waals surface area contributed by atoms with Crippen molar-refractivity contribution < 1.29 is 9.47 Å². The van der Waals surface area contributed by atoms with Gasteiger partial charge in [0.1, 0.15) is 5.82 Å². The molecular weight excluding hydrogens is 276 g/mol. The van der Waals surface area contributed by atoms with Gasteiger partial charge in [-0.3, -0.25) is 4.57 Å². The van der Waals surface area contributed by atoms with Gasteiger partial charge in [0.05, 0.1) is 31.8 Å². The number of aryl methyl sites for hydroxylation is 1. The van der Waals surface area contributed by atoms with Crippen molar-refractivity contribution in [2.45, 2.75) is 6.92 Å². The van der Waals surface area contributed by atoms with Crippen LogP contribution in [0.1, 0.15) is 5.82 Å². The molecule has 2 aromatic carbocycles. The molecule has 3 rings (SSSR count). The van der Waals surface area contributed by atoms with Crippen LogP contribution >= 0.6 is 0 Å². The Morgan fingerprint density at radius 2 is 1.68 bits per heavy atom. The van der Waals surface area contributed by atoms with E-state index in [2.05, 4.69) is 21.7 Å². The normalized spacial score (nSPS) is 10.5. The van der Waals surface area contributed by atoms with Crippen LogP contribution in [-0.4, -0.2) is 23.8 Å². The molecule has 112 valence electrons. The van der Waals surface area contributed by atoms with Gasteiger partial charge in [0, 0.05) is 5.56 Å². The average Bonchev–Trinajstić information content (AvgIpc) is 2.96. The molecule has 0 atom stereocenters. The summed E-state index contributed by atoms with van der Waals surface area (Å²) in [6, 6.07) is 16.0. The van der Waals surface area contributed by atoms with E-state index in [-0.39, 0.29) is 0 Å². The van der Waals surface area contributed by atoms with Crippen molar-refractivity contribution in [3.8, 4) is 28.4 Å². The zero-order valence-corrected chi connectivity index (χ0v) is 12.9. The molecule has 0 aliphatic heterocycles. The molecule has 0 radical (unpaired) electrons. The molecule has 0 saturated carbocycles. The van der Waals surface area contributed by atoms with Gasteiger partial charge in [-0.1, -0.05) is 36.4 Å². The maximum Gasteiger partial charge on any atom is 0.184 e. The summed E-state index contributed by atoms with van der Waals surface area (Å²) in [7, 11) is 3.29. The third-order valence-corrected chi connectivity index (χ3v) is 3.63. The lowest BCUT2D eigenvalue weighted by Gasteiger charge is -2.16. The first-order chi connectivity index (χ1) is 10.8. The van der Waals surface area contributed by atoms with Gasteiger partial charge in [-0.2, -0.15) is 0 Å². The van der Waals surface area contributed by atoms with E-state index in [1.807, 2.05) is 49.5 Å². The van der Waals surface area contributed by atoms with Crippen molar-refractivity contribution in [3.05, 3.63) is 60.6 Å². The van der Waals surface area contributed by atoms with Gasteiger partial charge in [-0.15, -0.1) is 0 Å². The zero-order chi connectivity index (χ0) is 15.5. The minimum absolute atomic E-state index is 0.697. The minimum atomic E-state index is 0.697. The Morgan fingerprint density at radius 1 is 0.909 bits per heavy atom. The Bertz CT molecular complexity index is 779. The first-order valence-electron chi connectivity index (χ1n) is 7.07. The van der Waals surface area contributed by atoms with Gasteiger partial charge in [-0.05, 0) is 19.1 Å². The molecule has 0 fully saturated rings. The van der Waals surface area contributed by atoms with Crippen LogP contribution in [0.4, 0.5) is 0 Å². The van der Waals surface area contributed by atoms with Gasteiger partial charge in [0.25, 0.3) is 0 Å². The molecular formula is C18H18N2O2. The predicted molar refractivity (Wildman–Crippen MR) is 86.8 cm³/mol. The fourth-order valence-electron chi connectivity index (χ4n) is 2.61. The van der Waals surface area contributed by atoms with Crippen LogP contribution in [0.2, 0.25) is 0 Å². The third-order valence-electron chi connectivity index (χ3n) is 3.63. The highest BCUT2D eigenvalue weighted by molar-refractivity contribution is 5.66. The summed E-state index contributed by atoms with van der Waals surface area (Å²) in [6.07, 6.45) is 1.88. The summed E-state index contributed by atoms with van der Waals surface area (Å²) in [5.41, 5.74) is 3.04. The number of imidazole rings is 1. The first-order valence-corrected chi connectivity index (χ1v) is 7.07. The highest BCUT2D eigenvalue weighted by Gasteiger charge is 2.17. The number of benzene rings is 2. The molecule has 0 unspecified atom stereocenters. The van der Waals surface area contributed by atoms with E-state index in [9.17, 15) is 0 Å². The van der Waals surface area contributed by atoms with E-state index in [0.29, 0.717) is 11.5 Å². The van der Waals surface area contributed by atoms with E-state index >= 15 is 0 Å². The smallest absolute Gasteiger partial charge is 0.184 e. The molecule has 0 saturated heterocycles. The van der Waals surface area contributed by atoms with Gasteiger partial charge >= 0.3 is 0 Å². The maximum absolute atomic E-state index is 5.56. The molecule has 0 amide bonds. The van der Waals surface area contributed by atoms with E-state index in [1.165, 1.54) is 0 Å². The largest absolute Gasteiger partial charge is 0.493 e. The number of methoxy groups -OCH3 is 2. The standard InChI is InChI=1S/C18H18N2O2/c1-13-19-12-16(14-8-5-4-6-9-14)20(13)15-10-7-11-17(21-2)18(15)22-3/h4-12H,1-3H3. The van der Waals surface area contributed by atoms with Gasteiger partial charge in [0.15, 0.2) is 11.5 Å². The second kappa shape index (κ2) is 5.93. The molecule has 3 aromatic rings. The second-order valence-corrected chi connectivity index (χ2v) is 4.90. The van der Waals surface area contributed by atoms with E-state index in [0.717, 1.165) is 22.8 Å². The minimum Gasteiger partial charge on any atom is -0.493 e. The van der Waals surface area contributed by atoms with Crippen molar-refractivity contribution in [2.75, 3.05) is 14.2 Å². The van der Waals surface area contributed by atoms with Crippen LogP contribution in [0.5, 0.6) is 11.5 Å². The van der Waals surface area contributed by atoms with Crippen molar-refractivity contribution >= 4 is 0 Å². The predicted octanol–water partition coefficient (Wildman–Crippen LogP) is 3.86. The summed E-state index contributed by atoms with van der Waals surface area (Å²) < 4.78 is 13.0. The number of rotatable bonds is 4. The summed E-state index contributed by atoms with van der Waals surface area (Å²) in [5, 5.41) is 0. The molecule has 0 N–H and O–H groups in total. The van der Waals surface area contributed by atoms with Crippen molar-refractivity contribution in [2.24, 2.45) is 0 Å².